The zero-order chi connectivity index (χ0) is 12.3. The zero-order valence-electron chi connectivity index (χ0n) is 9.93. The molecule has 1 aromatic heterocycles. The van der Waals surface area contributed by atoms with E-state index in [-0.39, 0.29) is 5.92 Å². The van der Waals surface area contributed by atoms with Crippen molar-refractivity contribution in [1.29, 1.82) is 0 Å². The topological polar surface area (TPSA) is 68.0 Å². The van der Waals surface area contributed by atoms with Crippen LogP contribution in [0.1, 0.15) is 31.4 Å². The van der Waals surface area contributed by atoms with Crippen LogP contribution in [-0.2, 0) is 23.5 Å². The predicted octanol–water partition coefficient (Wildman–Crippen LogP) is 1.57. The summed E-state index contributed by atoms with van der Waals surface area (Å²) in [5.41, 5.74) is 0. The number of aliphatic carboxylic acids is 1. The molecular formula is C11H17N3O2S. The van der Waals surface area contributed by atoms with E-state index in [1.54, 1.807) is 18.7 Å². The van der Waals surface area contributed by atoms with Gasteiger partial charge in [-0.25, -0.2) is 0 Å². The highest BCUT2D eigenvalue weighted by Gasteiger charge is 2.16. The first kappa shape index (κ1) is 12.4. The Morgan fingerprint density at radius 3 is 3.12 bits per heavy atom. The Bertz CT molecular complexity index is 405. The van der Waals surface area contributed by atoms with E-state index in [0.717, 1.165) is 30.4 Å². The molecule has 0 amide bonds. The number of hydrogen-bond donors (Lipinski definition) is 1. The monoisotopic (exact) mass is 255 g/mol. The van der Waals surface area contributed by atoms with Gasteiger partial charge in [-0.15, -0.1) is 10.2 Å². The average molecular weight is 255 g/mol. The lowest BCUT2D eigenvalue weighted by atomic mass is 10.2. The molecule has 1 N–H and O–H groups in total. The fourth-order valence-electron chi connectivity index (χ4n) is 1.87. The number of carboxylic acid groups (broad SMARTS) is 1. The summed E-state index contributed by atoms with van der Waals surface area (Å²) in [6.45, 7) is 2.74. The fraction of sp³-hybridized carbons (Fsp3) is 0.727. The number of carboxylic acids is 1. The van der Waals surface area contributed by atoms with Crippen molar-refractivity contribution in [3.8, 4) is 0 Å². The minimum Gasteiger partial charge on any atom is -0.481 e. The minimum atomic E-state index is -0.735. The molecule has 0 fully saturated rings. The van der Waals surface area contributed by atoms with Gasteiger partial charge in [-0.3, -0.25) is 4.79 Å². The number of carbonyl (C=O) groups is 1. The lowest BCUT2D eigenvalue weighted by Gasteiger charge is -2.14. The molecule has 1 atom stereocenters. The van der Waals surface area contributed by atoms with Gasteiger partial charge in [0.05, 0.1) is 11.7 Å². The van der Waals surface area contributed by atoms with E-state index in [9.17, 15) is 4.79 Å². The molecule has 1 aromatic rings. The van der Waals surface area contributed by atoms with Crippen LogP contribution in [0, 0.1) is 5.92 Å². The lowest BCUT2D eigenvalue weighted by molar-refractivity contribution is -0.140. The van der Waals surface area contributed by atoms with Crippen molar-refractivity contribution < 1.29 is 9.90 Å². The average Bonchev–Trinajstić information content (AvgIpc) is 2.72. The van der Waals surface area contributed by atoms with Crippen molar-refractivity contribution in [1.82, 2.24) is 14.8 Å². The Hall–Kier alpha value is -1.04. The molecule has 0 aromatic carbocycles. The van der Waals surface area contributed by atoms with E-state index in [1.165, 1.54) is 12.8 Å². The van der Waals surface area contributed by atoms with Crippen molar-refractivity contribution in [2.75, 3.05) is 5.75 Å². The summed E-state index contributed by atoms with van der Waals surface area (Å²) in [4.78, 5) is 10.7. The number of aromatic nitrogens is 3. The van der Waals surface area contributed by atoms with Crippen molar-refractivity contribution in [2.24, 2.45) is 5.92 Å². The second kappa shape index (κ2) is 5.53. The minimum absolute atomic E-state index is 0.302. The van der Waals surface area contributed by atoms with Crippen LogP contribution in [0.25, 0.3) is 0 Å². The SMILES string of the molecule is CC(CSCc1nnc2n1CCCC2)C(=O)O. The first-order chi connectivity index (χ1) is 8.18. The number of rotatable bonds is 5. The van der Waals surface area contributed by atoms with Gasteiger partial charge in [0.1, 0.15) is 11.6 Å². The molecule has 0 aliphatic carbocycles. The maximum Gasteiger partial charge on any atom is 0.307 e. The Balaban J connectivity index is 1.87. The standard InChI is InChI=1S/C11H17N3O2S/c1-8(11(15)16)6-17-7-10-13-12-9-4-2-3-5-14(9)10/h8H,2-7H2,1H3,(H,15,16). The molecule has 17 heavy (non-hydrogen) atoms. The number of hydrogen-bond acceptors (Lipinski definition) is 4. The van der Waals surface area contributed by atoms with Gasteiger partial charge in [-0.1, -0.05) is 6.92 Å². The molecule has 2 heterocycles. The number of aryl methyl sites for hydroxylation is 1. The Kier molecular flexibility index (Phi) is 4.04. The molecule has 0 saturated carbocycles. The Morgan fingerprint density at radius 2 is 2.35 bits per heavy atom. The molecule has 5 nitrogen and oxygen atoms in total. The van der Waals surface area contributed by atoms with Crippen LogP contribution in [0.5, 0.6) is 0 Å². The van der Waals surface area contributed by atoms with E-state index in [4.69, 9.17) is 5.11 Å². The van der Waals surface area contributed by atoms with Gasteiger partial charge in [0.2, 0.25) is 0 Å². The molecule has 0 spiro atoms. The van der Waals surface area contributed by atoms with Gasteiger partial charge in [0.25, 0.3) is 0 Å². The molecule has 1 aliphatic heterocycles. The maximum absolute atomic E-state index is 10.7. The van der Waals surface area contributed by atoms with E-state index < -0.39 is 5.97 Å². The number of thioether (sulfide) groups is 1. The smallest absolute Gasteiger partial charge is 0.307 e. The quantitative estimate of drug-likeness (QED) is 0.865. The molecule has 0 radical (unpaired) electrons. The van der Waals surface area contributed by atoms with Crippen LogP contribution >= 0.6 is 11.8 Å². The Labute approximate surface area is 105 Å². The normalized spacial score (nSPS) is 16.5. The van der Waals surface area contributed by atoms with Gasteiger partial charge in [0, 0.05) is 18.7 Å². The summed E-state index contributed by atoms with van der Waals surface area (Å²) in [7, 11) is 0. The molecular weight excluding hydrogens is 238 g/mol. The molecule has 0 bridgehead atoms. The number of fused-ring (bicyclic) bond motifs is 1. The second-order valence-electron chi connectivity index (χ2n) is 4.40. The van der Waals surface area contributed by atoms with Gasteiger partial charge < -0.3 is 9.67 Å². The third-order valence-electron chi connectivity index (χ3n) is 2.96. The van der Waals surface area contributed by atoms with Gasteiger partial charge in [0.15, 0.2) is 0 Å². The summed E-state index contributed by atoms with van der Waals surface area (Å²) in [5, 5.41) is 17.1. The van der Waals surface area contributed by atoms with E-state index >= 15 is 0 Å². The van der Waals surface area contributed by atoms with Crippen LogP contribution in [0.15, 0.2) is 0 Å². The fourth-order valence-corrected chi connectivity index (χ4v) is 2.88. The molecule has 94 valence electrons. The van der Waals surface area contributed by atoms with Crippen LogP contribution in [-0.4, -0.2) is 31.6 Å². The zero-order valence-corrected chi connectivity index (χ0v) is 10.7. The first-order valence-electron chi connectivity index (χ1n) is 5.90. The van der Waals surface area contributed by atoms with Crippen molar-refractivity contribution in [2.45, 2.75) is 38.5 Å². The highest BCUT2D eigenvalue weighted by Crippen LogP contribution is 2.19. The summed E-state index contributed by atoms with van der Waals surface area (Å²) in [5.74, 6) is 2.41. The van der Waals surface area contributed by atoms with Crippen molar-refractivity contribution in [3.05, 3.63) is 11.6 Å². The Morgan fingerprint density at radius 1 is 1.53 bits per heavy atom. The molecule has 2 rings (SSSR count). The van der Waals surface area contributed by atoms with Crippen LogP contribution in [0.4, 0.5) is 0 Å². The van der Waals surface area contributed by atoms with E-state index in [1.807, 2.05) is 0 Å². The van der Waals surface area contributed by atoms with E-state index in [2.05, 4.69) is 14.8 Å². The largest absolute Gasteiger partial charge is 0.481 e. The summed E-state index contributed by atoms with van der Waals surface area (Å²) in [6, 6.07) is 0. The number of nitrogens with zero attached hydrogens (tertiary/aromatic N) is 3. The van der Waals surface area contributed by atoms with Crippen LogP contribution in [0.2, 0.25) is 0 Å². The summed E-state index contributed by atoms with van der Waals surface area (Å²) >= 11 is 1.62. The predicted molar refractivity (Wildman–Crippen MR) is 65.9 cm³/mol. The lowest BCUT2D eigenvalue weighted by Crippen LogP contribution is -2.14. The summed E-state index contributed by atoms with van der Waals surface area (Å²) in [6.07, 6.45) is 3.40. The third kappa shape index (κ3) is 3.00. The van der Waals surface area contributed by atoms with Gasteiger partial charge >= 0.3 is 5.97 Å². The second-order valence-corrected chi connectivity index (χ2v) is 5.43. The van der Waals surface area contributed by atoms with Crippen LogP contribution < -0.4 is 0 Å². The molecule has 6 heteroatoms. The molecule has 1 unspecified atom stereocenters. The van der Waals surface area contributed by atoms with Crippen molar-refractivity contribution in [3.63, 3.8) is 0 Å². The van der Waals surface area contributed by atoms with Crippen molar-refractivity contribution >= 4 is 17.7 Å². The maximum atomic E-state index is 10.7. The molecule has 1 aliphatic rings. The third-order valence-corrected chi connectivity index (χ3v) is 4.15. The highest BCUT2D eigenvalue weighted by molar-refractivity contribution is 7.98. The van der Waals surface area contributed by atoms with Gasteiger partial charge in [-0.2, -0.15) is 11.8 Å². The summed E-state index contributed by atoms with van der Waals surface area (Å²) < 4.78 is 2.18. The molecule has 0 saturated heterocycles. The van der Waals surface area contributed by atoms with Gasteiger partial charge in [-0.05, 0) is 12.8 Å². The van der Waals surface area contributed by atoms with Crippen LogP contribution in [0.3, 0.4) is 0 Å². The highest BCUT2D eigenvalue weighted by atomic mass is 32.2. The first-order valence-corrected chi connectivity index (χ1v) is 7.05. The van der Waals surface area contributed by atoms with E-state index in [0.29, 0.717) is 5.75 Å².